The van der Waals surface area contributed by atoms with Gasteiger partial charge in [-0.05, 0) is 25.7 Å². The van der Waals surface area contributed by atoms with E-state index >= 15 is 0 Å². The number of nitrogens with zero attached hydrogens (tertiary/aromatic N) is 2. The predicted octanol–water partition coefficient (Wildman–Crippen LogP) is 2.54. The monoisotopic (exact) mass is 235 g/mol. The van der Waals surface area contributed by atoms with Crippen LogP contribution in [0, 0.1) is 0 Å². The molecule has 94 valence electrons. The molecule has 0 aliphatic heterocycles. The SMILES string of the molecule is CC1(c2nc(CNC3CC3)no2)CCCCC1. The summed E-state index contributed by atoms with van der Waals surface area (Å²) in [4.78, 5) is 4.57. The maximum atomic E-state index is 5.46. The molecule has 2 fully saturated rings. The van der Waals surface area contributed by atoms with Crippen LogP contribution < -0.4 is 5.32 Å². The molecule has 1 heterocycles. The summed E-state index contributed by atoms with van der Waals surface area (Å²) in [5.74, 6) is 1.67. The quantitative estimate of drug-likeness (QED) is 0.871. The van der Waals surface area contributed by atoms with Crippen LogP contribution in [0.25, 0.3) is 0 Å². The lowest BCUT2D eigenvalue weighted by Crippen LogP contribution is -2.25. The third-order valence-corrected chi connectivity index (χ3v) is 4.07. The molecular weight excluding hydrogens is 214 g/mol. The van der Waals surface area contributed by atoms with Crippen molar-refractivity contribution in [3.63, 3.8) is 0 Å². The third kappa shape index (κ3) is 2.51. The van der Waals surface area contributed by atoms with E-state index in [1.54, 1.807) is 0 Å². The van der Waals surface area contributed by atoms with Crippen molar-refractivity contribution in [2.75, 3.05) is 0 Å². The Bertz CT molecular complexity index is 378. The van der Waals surface area contributed by atoms with E-state index in [1.165, 1.54) is 44.9 Å². The number of aromatic nitrogens is 2. The lowest BCUT2D eigenvalue weighted by atomic mass is 9.76. The van der Waals surface area contributed by atoms with Gasteiger partial charge in [-0.1, -0.05) is 31.3 Å². The Morgan fingerprint density at radius 1 is 1.29 bits per heavy atom. The van der Waals surface area contributed by atoms with Gasteiger partial charge >= 0.3 is 0 Å². The third-order valence-electron chi connectivity index (χ3n) is 4.07. The fourth-order valence-corrected chi connectivity index (χ4v) is 2.64. The van der Waals surface area contributed by atoms with Crippen LogP contribution in [0.1, 0.15) is 63.6 Å². The molecule has 0 aromatic carbocycles. The smallest absolute Gasteiger partial charge is 0.232 e. The van der Waals surface area contributed by atoms with Gasteiger partial charge in [-0.15, -0.1) is 0 Å². The highest BCUT2D eigenvalue weighted by atomic mass is 16.5. The van der Waals surface area contributed by atoms with Crippen LogP contribution in [0.5, 0.6) is 0 Å². The lowest BCUT2D eigenvalue weighted by molar-refractivity contribution is 0.231. The second-order valence-corrected chi connectivity index (χ2v) is 5.79. The second-order valence-electron chi connectivity index (χ2n) is 5.79. The maximum Gasteiger partial charge on any atom is 0.232 e. The Morgan fingerprint density at radius 3 is 2.76 bits per heavy atom. The van der Waals surface area contributed by atoms with E-state index in [-0.39, 0.29) is 5.41 Å². The molecule has 0 saturated heterocycles. The van der Waals surface area contributed by atoms with Gasteiger partial charge in [-0.25, -0.2) is 0 Å². The highest BCUT2D eigenvalue weighted by molar-refractivity contribution is 5.04. The fraction of sp³-hybridized carbons (Fsp3) is 0.846. The van der Waals surface area contributed by atoms with Crippen LogP contribution in [0.2, 0.25) is 0 Å². The molecule has 0 atom stereocenters. The predicted molar refractivity (Wildman–Crippen MR) is 64.6 cm³/mol. The highest BCUT2D eigenvalue weighted by Crippen LogP contribution is 2.37. The van der Waals surface area contributed by atoms with Crippen LogP contribution in [0.3, 0.4) is 0 Å². The van der Waals surface area contributed by atoms with Gasteiger partial charge in [0.05, 0.1) is 6.54 Å². The van der Waals surface area contributed by atoms with E-state index in [2.05, 4.69) is 22.4 Å². The van der Waals surface area contributed by atoms with Crippen molar-refractivity contribution < 1.29 is 4.52 Å². The summed E-state index contributed by atoms with van der Waals surface area (Å²) in [7, 11) is 0. The first-order chi connectivity index (χ1) is 8.26. The van der Waals surface area contributed by atoms with Gasteiger partial charge in [0.1, 0.15) is 0 Å². The molecule has 1 aromatic rings. The number of hydrogen-bond donors (Lipinski definition) is 1. The van der Waals surface area contributed by atoms with Crippen molar-refractivity contribution in [3.05, 3.63) is 11.7 Å². The molecule has 4 nitrogen and oxygen atoms in total. The van der Waals surface area contributed by atoms with Gasteiger partial charge in [0, 0.05) is 11.5 Å². The van der Waals surface area contributed by atoms with Gasteiger partial charge in [-0.2, -0.15) is 4.98 Å². The van der Waals surface area contributed by atoms with Crippen LogP contribution in [0.4, 0.5) is 0 Å². The molecule has 0 radical (unpaired) electrons. The van der Waals surface area contributed by atoms with Gasteiger partial charge in [0.2, 0.25) is 5.89 Å². The van der Waals surface area contributed by atoms with Crippen LogP contribution in [0.15, 0.2) is 4.52 Å². The van der Waals surface area contributed by atoms with Crippen molar-refractivity contribution in [2.45, 2.75) is 69.9 Å². The average Bonchev–Trinajstić information content (AvgIpc) is 3.04. The molecule has 2 saturated carbocycles. The summed E-state index contributed by atoms with van der Waals surface area (Å²) in [5.41, 5.74) is 0.128. The van der Waals surface area contributed by atoms with Crippen molar-refractivity contribution in [1.82, 2.24) is 15.5 Å². The molecule has 2 aliphatic carbocycles. The molecule has 1 N–H and O–H groups in total. The number of rotatable bonds is 4. The summed E-state index contributed by atoms with van der Waals surface area (Å²) in [6, 6.07) is 0.696. The molecule has 0 bridgehead atoms. The standard InChI is InChI=1S/C13H21N3O/c1-13(7-3-2-4-8-13)12-15-11(16-17-12)9-14-10-5-6-10/h10,14H,2-9H2,1H3. The normalized spacial score (nSPS) is 23.8. The first-order valence-corrected chi connectivity index (χ1v) is 6.83. The maximum absolute atomic E-state index is 5.46. The molecule has 4 heteroatoms. The zero-order chi connectivity index (χ0) is 11.7. The van der Waals surface area contributed by atoms with Gasteiger partial charge in [0.25, 0.3) is 0 Å². The minimum atomic E-state index is 0.128. The first kappa shape index (κ1) is 11.2. The minimum absolute atomic E-state index is 0.128. The molecular formula is C13H21N3O. The molecule has 17 heavy (non-hydrogen) atoms. The van der Waals surface area contributed by atoms with Gasteiger partial charge in [-0.3, -0.25) is 0 Å². The molecule has 0 spiro atoms. The number of hydrogen-bond acceptors (Lipinski definition) is 4. The largest absolute Gasteiger partial charge is 0.339 e. The average molecular weight is 235 g/mol. The minimum Gasteiger partial charge on any atom is -0.339 e. The molecule has 3 rings (SSSR count). The van der Waals surface area contributed by atoms with Crippen molar-refractivity contribution in [1.29, 1.82) is 0 Å². The summed E-state index contributed by atoms with van der Waals surface area (Å²) < 4.78 is 5.46. The topological polar surface area (TPSA) is 51.0 Å². The molecule has 0 amide bonds. The van der Waals surface area contributed by atoms with E-state index in [4.69, 9.17) is 4.52 Å². The first-order valence-electron chi connectivity index (χ1n) is 6.83. The van der Waals surface area contributed by atoms with Crippen molar-refractivity contribution in [3.8, 4) is 0 Å². The van der Waals surface area contributed by atoms with Crippen molar-refractivity contribution >= 4 is 0 Å². The van der Waals surface area contributed by atoms with Crippen molar-refractivity contribution in [2.24, 2.45) is 0 Å². The highest BCUT2D eigenvalue weighted by Gasteiger charge is 2.34. The van der Waals surface area contributed by atoms with Crippen LogP contribution in [-0.4, -0.2) is 16.2 Å². The summed E-state index contributed by atoms with van der Waals surface area (Å²) >= 11 is 0. The van der Waals surface area contributed by atoms with E-state index in [1.807, 2.05) is 0 Å². The Labute approximate surface area is 102 Å². The molecule has 2 aliphatic rings. The summed E-state index contributed by atoms with van der Waals surface area (Å²) in [6.07, 6.45) is 8.88. The van der Waals surface area contributed by atoms with E-state index in [0.29, 0.717) is 6.04 Å². The Kier molecular flexibility index (Phi) is 2.90. The fourth-order valence-electron chi connectivity index (χ4n) is 2.64. The Morgan fingerprint density at radius 2 is 2.06 bits per heavy atom. The van der Waals surface area contributed by atoms with Gasteiger partial charge < -0.3 is 9.84 Å². The Hall–Kier alpha value is -0.900. The van der Waals surface area contributed by atoms with Crippen LogP contribution >= 0.6 is 0 Å². The summed E-state index contributed by atoms with van der Waals surface area (Å²) in [5, 5.41) is 7.50. The van der Waals surface area contributed by atoms with E-state index < -0.39 is 0 Å². The Balaban J connectivity index is 1.65. The lowest BCUT2D eigenvalue weighted by Gasteiger charge is -2.29. The zero-order valence-electron chi connectivity index (χ0n) is 10.5. The zero-order valence-corrected chi connectivity index (χ0v) is 10.5. The second kappa shape index (κ2) is 4.41. The molecule has 0 unspecified atom stereocenters. The molecule has 1 aromatic heterocycles. The van der Waals surface area contributed by atoms with Gasteiger partial charge in [0.15, 0.2) is 5.82 Å². The van der Waals surface area contributed by atoms with E-state index in [9.17, 15) is 0 Å². The number of nitrogens with one attached hydrogen (secondary N) is 1. The summed E-state index contributed by atoms with van der Waals surface area (Å²) in [6.45, 7) is 3.02. The van der Waals surface area contributed by atoms with Crippen LogP contribution in [-0.2, 0) is 12.0 Å². The van der Waals surface area contributed by atoms with E-state index in [0.717, 1.165) is 18.3 Å².